The minimum Gasteiger partial charge on any atom is -0.328 e. The summed E-state index contributed by atoms with van der Waals surface area (Å²) in [7, 11) is 0. The highest BCUT2D eigenvalue weighted by Gasteiger charge is 2.45. The van der Waals surface area contributed by atoms with Crippen molar-refractivity contribution in [2.24, 2.45) is 5.41 Å². The molecule has 0 unspecified atom stereocenters. The molecule has 1 aliphatic heterocycles. The first kappa shape index (κ1) is 21.2. The highest BCUT2D eigenvalue weighted by Crippen LogP contribution is 2.53. The van der Waals surface area contributed by atoms with Gasteiger partial charge in [-0.2, -0.15) is 5.26 Å². The Hall–Kier alpha value is -2.56. The van der Waals surface area contributed by atoms with E-state index < -0.39 is 36.6 Å². The van der Waals surface area contributed by atoms with Crippen LogP contribution in [0.5, 0.6) is 0 Å². The highest BCUT2D eigenvalue weighted by molar-refractivity contribution is 5.88. The Morgan fingerprint density at radius 1 is 1.31 bits per heavy atom. The van der Waals surface area contributed by atoms with E-state index in [1.165, 1.54) is 25.2 Å². The molecule has 0 aromatic carbocycles. The third kappa shape index (κ3) is 5.96. The van der Waals surface area contributed by atoms with Gasteiger partial charge in [0.25, 0.3) is 5.92 Å². The number of carbonyl (C=O) groups excluding carboxylic acids is 2. The van der Waals surface area contributed by atoms with Crippen LogP contribution in [0.4, 0.5) is 13.6 Å². The molecule has 29 heavy (non-hydrogen) atoms. The Morgan fingerprint density at radius 3 is 2.62 bits per heavy atom. The summed E-state index contributed by atoms with van der Waals surface area (Å²) in [5.41, 5.74) is 0.744. The molecule has 2 heterocycles. The maximum Gasteiger partial charge on any atom is 0.317 e. The second-order valence-electron chi connectivity index (χ2n) is 8.21. The summed E-state index contributed by atoms with van der Waals surface area (Å²) in [5, 5.41) is 11.2. The van der Waals surface area contributed by atoms with Gasteiger partial charge in [0.2, 0.25) is 0 Å². The van der Waals surface area contributed by atoms with Crippen LogP contribution >= 0.6 is 0 Å². The van der Waals surface area contributed by atoms with Crippen molar-refractivity contribution in [1.29, 1.82) is 5.26 Å². The molecule has 156 valence electrons. The summed E-state index contributed by atoms with van der Waals surface area (Å²) in [6.07, 6.45) is 5.51. The SMILES string of the molecule is N#CCCC(=O)[C@H](CC(F)(F)Cc1cccnc1)NC(=O)N1CCC2(CC1)CC2. The molecule has 1 saturated heterocycles. The first-order chi connectivity index (χ1) is 13.8. The van der Waals surface area contributed by atoms with Crippen molar-refractivity contribution in [3.05, 3.63) is 30.1 Å². The van der Waals surface area contributed by atoms with Crippen molar-refractivity contribution < 1.29 is 18.4 Å². The van der Waals surface area contributed by atoms with Crippen LogP contribution in [0.1, 0.15) is 50.5 Å². The van der Waals surface area contributed by atoms with Crippen LogP contribution < -0.4 is 5.32 Å². The van der Waals surface area contributed by atoms with Crippen LogP contribution in [0.3, 0.4) is 0 Å². The molecule has 1 saturated carbocycles. The van der Waals surface area contributed by atoms with Gasteiger partial charge in [0.15, 0.2) is 5.78 Å². The summed E-state index contributed by atoms with van der Waals surface area (Å²) < 4.78 is 29.3. The van der Waals surface area contributed by atoms with E-state index in [-0.39, 0.29) is 12.8 Å². The van der Waals surface area contributed by atoms with Crippen molar-refractivity contribution in [2.75, 3.05) is 13.1 Å². The number of nitrogens with zero attached hydrogens (tertiary/aromatic N) is 3. The topological polar surface area (TPSA) is 86.1 Å². The zero-order chi connectivity index (χ0) is 20.9. The van der Waals surface area contributed by atoms with E-state index in [1.807, 2.05) is 6.07 Å². The minimum absolute atomic E-state index is 0.0639. The first-order valence-corrected chi connectivity index (χ1v) is 10.0. The number of nitrogens with one attached hydrogen (secondary N) is 1. The molecule has 1 N–H and O–H groups in total. The van der Waals surface area contributed by atoms with Gasteiger partial charge in [-0.1, -0.05) is 6.07 Å². The number of piperidine rings is 1. The lowest BCUT2D eigenvalue weighted by Crippen LogP contribution is -2.52. The number of amides is 2. The average molecular weight is 404 g/mol. The Kier molecular flexibility index (Phi) is 6.46. The molecule has 2 aliphatic rings. The number of likely N-dealkylation sites (tertiary alicyclic amines) is 1. The molecule has 1 aromatic rings. The predicted molar refractivity (Wildman–Crippen MR) is 102 cm³/mol. The maximum absolute atomic E-state index is 14.6. The van der Waals surface area contributed by atoms with E-state index in [9.17, 15) is 18.4 Å². The van der Waals surface area contributed by atoms with Gasteiger partial charge >= 0.3 is 6.03 Å². The average Bonchev–Trinajstić information content (AvgIpc) is 3.45. The number of hydrogen-bond donors (Lipinski definition) is 1. The number of carbonyl (C=O) groups is 2. The molecule has 0 bridgehead atoms. The van der Waals surface area contributed by atoms with Crippen LogP contribution in [0.25, 0.3) is 0 Å². The summed E-state index contributed by atoms with van der Waals surface area (Å²) >= 11 is 0. The molecule has 2 amide bonds. The molecule has 6 nitrogen and oxygen atoms in total. The third-order valence-corrected chi connectivity index (χ3v) is 5.93. The molecule has 1 spiro atoms. The van der Waals surface area contributed by atoms with Crippen molar-refractivity contribution in [1.82, 2.24) is 15.2 Å². The van der Waals surface area contributed by atoms with E-state index in [0.717, 1.165) is 12.8 Å². The van der Waals surface area contributed by atoms with Crippen LogP contribution in [0.2, 0.25) is 0 Å². The molecule has 1 aromatic heterocycles. The van der Waals surface area contributed by atoms with Crippen molar-refractivity contribution in [3.8, 4) is 6.07 Å². The van der Waals surface area contributed by atoms with E-state index in [1.54, 1.807) is 17.0 Å². The van der Waals surface area contributed by atoms with Gasteiger partial charge in [0.05, 0.1) is 12.1 Å². The van der Waals surface area contributed by atoms with Crippen LogP contribution in [-0.4, -0.2) is 46.8 Å². The Balaban J connectivity index is 1.62. The van der Waals surface area contributed by atoms with E-state index in [0.29, 0.717) is 24.1 Å². The quantitative estimate of drug-likeness (QED) is 0.719. The zero-order valence-corrected chi connectivity index (χ0v) is 16.4. The van der Waals surface area contributed by atoms with E-state index in [4.69, 9.17) is 5.26 Å². The predicted octanol–water partition coefficient (Wildman–Crippen LogP) is 3.48. The third-order valence-electron chi connectivity index (χ3n) is 5.93. The number of alkyl halides is 2. The zero-order valence-electron chi connectivity index (χ0n) is 16.4. The van der Waals surface area contributed by atoms with E-state index >= 15 is 0 Å². The number of pyridine rings is 1. The number of Topliss-reactive ketones (excluding diaryl/α,β-unsaturated/α-hetero) is 1. The number of halogens is 2. The van der Waals surface area contributed by atoms with Crippen molar-refractivity contribution >= 4 is 11.8 Å². The fourth-order valence-electron chi connectivity index (χ4n) is 3.87. The van der Waals surface area contributed by atoms with Crippen LogP contribution in [0.15, 0.2) is 24.5 Å². The van der Waals surface area contributed by atoms with Gasteiger partial charge in [0.1, 0.15) is 0 Å². The lowest BCUT2D eigenvalue weighted by Gasteiger charge is -2.33. The molecule has 1 atom stereocenters. The van der Waals surface area contributed by atoms with Crippen LogP contribution in [0, 0.1) is 16.7 Å². The lowest BCUT2D eigenvalue weighted by atomic mass is 9.94. The lowest BCUT2D eigenvalue weighted by molar-refractivity contribution is -0.123. The van der Waals surface area contributed by atoms with Gasteiger partial charge in [-0.05, 0) is 42.7 Å². The van der Waals surface area contributed by atoms with Gasteiger partial charge in [-0.25, -0.2) is 13.6 Å². The van der Waals surface area contributed by atoms with Crippen molar-refractivity contribution in [2.45, 2.75) is 63.3 Å². The number of urea groups is 1. The second-order valence-corrected chi connectivity index (χ2v) is 8.21. The summed E-state index contributed by atoms with van der Waals surface area (Å²) in [5.74, 6) is -3.73. The Bertz CT molecular complexity index is 765. The summed E-state index contributed by atoms with van der Waals surface area (Å²) in [4.78, 5) is 30.5. The largest absolute Gasteiger partial charge is 0.328 e. The number of nitriles is 1. The molecular weight excluding hydrogens is 378 g/mol. The number of rotatable bonds is 8. The molecule has 0 radical (unpaired) electrons. The van der Waals surface area contributed by atoms with E-state index in [2.05, 4.69) is 10.3 Å². The fraction of sp³-hybridized carbons (Fsp3) is 0.619. The number of ketones is 1. The Labute approximate surface area is 169 Å². The molecular formula is C21H26F2N4O2. The second kappa shape index (κ2) is 8.85. The molecule has 8 heteroatoms. The fourth-order valence-corrected chi connectivity index (χ4v) is 3.87. The maximum atomic E-state index is 14.6. The highest BCUT2D eigenvalue weighted by atomic mass is 19.3. The summed E-state index contributed by atoms with van der Waals surface area (Å²) in [6.45, 7) is 1.16. The minimum atomic E-state index is -3.19. The Morgan fingerprint density at radius 2 is 2.03 bits per heavy atom. The van der Waals surface area contributed by atoms with Crippen molar-refractivity contribution in [3.63, 3.8) is 0 Å². The van der Waals surface area contributed by atoms with Gasteiger partial charge < -0.3 is 10.2 Å². The molecule has 1 aliphatic carbocycles. The summed E-state index contributed by atoms with van der Waals surface area (Å²) in [6, 6.07) is 3.17. The molecule has 2 fully saturated rings. The van der Waals surface area contributed by atoms with Gasteiger partial charge in [0, 0.05) is 51.2 Å². The van der Waals surface area contributed by atoms with Gasteiger partial charge in [-0.15, -0.1) is 0 Å². The standard InChI is InChI=1S/C21H26F2N4O2/c22-21(23,13-16-3-2-10-25-15-16)14-17(18(28)4-1-9-24)26-19(29)27-11-7-20(5-6-20)8-12-27/h2-3,10,15,17H,1,4-8,11-14H2,(H,26,29)/t17-/m0/s1. The monoisotopic (exact) mass is 404 g/mol. The number of aromatic nitrogens is 1. The van der Waals surface area contributed by atoms with Crippen LogP contribution in [-0.2, 0) is 11.2 Å². The molecule has 3 rings (SSSR count). The smallest absolute Gasteiger partial charge is 0.317 e. The number of hydrogen-bond acceptors (Lipinski definition) is 4. The first-order valence-electron chi connectivity index (χ1n) is 10.0. The normalized spacial score (nSPS) is 18.7. The van der Waals surface area contributed by atoms with Gasteiger partial charge in [-0.3, -0.25) is 9.78 Å².